The lowest BCUT2D eigenvalue weighted by Gasteiger charge is -2.13. The Kier molecular flexibility index (Phi) is 4.96. The van der Waals surface area contributed by atoms with Crippen molar-refractivity contribution in [2.24, 2.45) is 0 Å². The molecular weight excluding hydrogens is 270 g/mol. The van der Waals surface area contributed by atoms with E-state index >= 15 is 0 Å². The van der Waals surface area contributed by atoms with Crippen LogP contribution in [-0.2, 0) is 10.9 Å². The lowest BCUT2D eigenvalue weighted by molar-refractivity contribution is -0.138. The number of rotatable bonds is 4. The summed E-state index contributed by atoms with van der Waals surface area (Å²) in [4.78, 5) is 11.1. The van der Waals surface area contributed by atoms with Crippen LogP contribution < -0.4 is 10.1 Å². The molecule has 0 bridgehead atoms. The average Bonchev–Trinajstić information content (AvgIpc) is 2.35. The highest BCUT2D eigenvalue weighted by atomic mass is 19.4. The summed E-state index contributed by atoms with van der Waals surface area (Å²) in [6.45, 7) is -1.34. The first-order chi connectivity index (χ1) is 8.88. The van der Waals surface area contributed by atoms with Crippen LogP contribution in [0.2, 0.25) is 0 Å². The summed E-state index contributed by atoms with van der Waals surface area (Å²) in [6, 6.07) is 2.98. The summed E-state index contributed by atoms with van der Waals surface area (Å²) < 4.78 is 58.7. The smallest absolute Gasteiger partial charge is 0.420 e. The number of amides is 1. The summed E-state index contributed by atoms with van der Waals surface area (Å²) in [6.07, 6.45) is -5.65. The summed E-state index contributed by atoms with van der Waals surface area (Å²) in [5, 5.41) is 2.06. The molecule has 0 aliphatic heterocycles. The van der Waals surface area contributed by atoms with E-state index in [0.717, 1.165) is 13.2 Å². The molecule has 4 nitrogen and oxygen atoms in total. The molecule has 8 heteroatoms. The van der Waals surface area contributed by atoms with Crippen molar-refractivity contribution in [1.82, 2.24) is 0 Å². The standard InChI is InChI=1S/C11H11F4NO3/c1-18-9-3-2-7(6-8(9)11(13,14)15)16-10(17)19-5-4-12/h2-3,6H,4-5H2,1H3,(H,16,17). The second-order valence-electron chi connectivity index (χ2n) is 3.36. The molecule has 1 aromatic carbocycles. The molecule has 1 amide bonds. The number of hydrogen-bond donors (Lipinski definition) is 1. The molecule has 0 radical (unpaired) electrons. The molecule has 0 atom stereocenters. The second kappa shape index (κ2) is 6.26. The number of nitrogens with one attached hydrogen (secondary N) is 1. The number of hydrogen-bond acceptors (Lipinski definition) is 3. The zero-order valence-corrected chi connectivity index (χ0v) is 9.88. The van der Waals surface area contributed by atoms with Crippen LogP contribution in [0.25, 0.3) is 0 Å². The van der Waals surface area contributed by atoms with E-state index in [1.807, 2.05) is 0 Å². The van der Waals surface area contributed by atoms with Gasteiger partial charge in [-0.2, -0.15) is 13.2 Å². The van der Waals surface area contributed by atoms with Gasteiger partial charge in [-0.25, -0.2) is 9.18 Å². The molecule has 0 heterocycles. The van der Waals surface area contributed by atoms with Crippen LogP contribution in [-0.4, -0.2) is 26.5 Å². The summed E-state index contributed by atoms with van der Waals surface area (Å²) >= 11 is 0. The number of alkyl halides is 4. The van der Waals surface area contributed by atoms with Crippen LogP contribution in [0, 0.1) is 0 Å². The van der Waals surface area contributed by atoms with Crippen LogP contribution in [0.1, 0.15) is 5.56 Å². The Hall–Kier alpha value is -1.99. The van der Waals surface area contributed by atoms with Crippen molar-refractivity contribution in [3.63, 3.8) is 0 Å². The van der Waals surface area contributed by atoms with Crippen molar-refractivity contribution in [2.75, 3.05) is 25.7 Å². The van der Waals surface area contributed by atoms with Crippen molar-refractivity contribution in [2.45, 2.75) is 6.18 Å². The van der Waals surface area contributed by atoms with Gasteiger partial charge in [-0.1, -0.05) is 0 Å². The number of benzene rings is 1. The summed E-state index contributed by atoms with van der Waals surface area (Å²) in [7, 11) is 1.10. The molecule has 106 valence electrons. The van der Waals surface area contributed by atoms with Gasteiger partial charge in [-0.3, -0.25) is 5.32 Å². The highest BCUT2D eigenvalue weighted by Crippen LogP contribution is 2.37. The molecule has 0 unspecified atom stereocenters. The van der Waals surface area contributed by atoms with Gasteiger partial charge in [0.05, 0.1) is 12.7 Å². The van der Waals surface area contributed by atoms with Gasteiger partial charge in [0.1, 0.15) is 19.0 Å². The van der Waals surface area contributed by atoms with E-state index in [1.165, 1.54) is 6.07 Å². The van der Waals surface area contributed by atoms with Crippen molar-refractivity contribution in [1.29, 1.82) is 0 Å². The average molecular weight is 281 g/mol. The van der Waals surface area contributed by atoms with Crippen molar-refractivity contribution in [3.8, 4) is 5.75 Å². The Morgan fingerprint density at radius 3 is 2.58 bits per heavy atom. The van der Waals surface area contributed by atoms with Crippen LogP contribution in [0.3, 0.4) is 0 Å². The number of carbonyl (C=O) groups is 1. The molecule has 0 saturated heterocycles. The molecule has 1 N–H and O–H groups in total. The number of carbonyl (C=O) groups excluding carboxylic acids is 1. The maximum absolute atomic E-state index is 12.7. The Bertz CT molecular complexity index is 448. The number of halogens is 4. The van der Waals surface area contributed by atoms with Crippen molar-refractivity contribution < 1.29 is 31.8 Å². The highest BCUT2D eigenvalue weighted by molar-refractivity contribution is 5.84. The molecule has 0 spiro atoms. The normalized spacial score (nSPS) is 11.0. The van der Waals surface area contributed by atoms with Gasteiger partial charge in [0, 0.05) is 5.69 Å². The third-order valence-corrected chi connectivity index (χ3v) is 2.06. The number of anilines is 1. The zero-order valence-electron chi connectivity index (χ0n) is 9.88. The Morgan fingerprint density at radius 1 is 1.37 bits per heavy atom. The van der Waals surface area contributed by atoms with Crippen LogP contribution in [0.15, 0.2) is 18.2 Å². The Morgan fingerprint density at radius 2 is 2.05 bits per heavy atom. The van der Waals surface area contributed by atoms with Gasteiger partial charge in [0.2, 0.25) is 0 Å². The Labute approximate surface area is 106 Å². The van der Waals surface area contributed by atoms with Crippen molar-refractivity contribution in [3.05, 3.63) is 23.8 Å². The van der Waals surface area contributed by atoms with Gasteiger partial charge in [0.15, 0.2) is 0 Å². The van der Waals surface area contributed by atoms with E-state index in [-0.39, 0.29) is 11.4 Å². The molecule has 0 aliphatic rings. The van der Waals surface area contributed by atoms with Crippen LogP contribution in [0.4, 0.5) is 28.0 Å². The minimum Gasteiger partial charge on any atom is -0.496 e. The molecule has 0 saturated carbocycles. The van der Waals surface area contributed by atoms with Gasteiger partial charge in [0.25, 0.3) is 0 Å². The third-order valence-electron chi connectivity index (χ3n) is 2.06. The first-order valence-corrected chi connectivity index (χ1v) is 5.13. The fourth-order valence-electron chi connectivity index (χ4n) is 1.29. The van der Waals surface area contributed by atoms with Crippen LogP contribution >= 0.6 is 0 Å². The van der Waals surface area contributed by atoms with Crippen LogP contribution in [0.5, 0.6) is 5.75 Å². The first-order valence-electron chi connectivity index (χ1n) is 5.13. The first kappa shape index (κ1) is 15.1. The second-order valence-corrected chi connectivity index (χ2v) is 3.36. The zero-order chi connectivity index (χ0) is 14.5. The number of methoxy groups -OCH3 is 1. The molecule has 1 rings (SSSR count). The predicted octanol–water partition coefficient (Wildman–Crippen LogP) is 3.23. The van der Waals surface area contributed by atoms with E-state index < -0.39 is 31.1 Å². The van der Waals surface area contributed by atoms with Gasteiger partial charge in [-0.05, 0) is 18.2 Å². The molecular formula is C11H11F4NO3. The SMILES string of the molecule is COc1ccc(NC(=O)OCCF)cc1C(F)(F)F. The van der Waals surface area contributed by atoms with Gasteiger partial charge < -0.3 is 9.47 Å². The highest BCUT2D eigenvalue weighted by Gasteiger charge is 2.34. The minimum absolute atomic E-state index is 0.128. The quantitative estimate of drug-likeness (QED) is 0.862. The summed E-state index contributed by atoms with van der Waals surface area (Å²) in [5.74, 6) is -0.366. The molecule has 0 fully saturated rings. The molecule has 0 aromatic heterocycles. The molecule has 19 heavy (non-hydrogen) atoms. The lowest BCUT2D eigenvalue weighted by Crippen LogP contribution is -2.16. The van der Waals surface area contributed by atoms with E-state index in [4.69, 9.17) is 0 Å². The largest absolute Gasteiger partial charge is 0.496 e. The predicted molar refractivity (Wildman–Crippen MR) is 58.9 cm³/mol. The monoisotopic (exact) mass is 281 g/mol. The fraction of sp³-hybridized carbons (Fsp3) is 0.364. The summed E-state index contributed by atoms with van der Waals surface area (Å²) in [5.41, 5.74) is -1.16. The maximum Gasteiger partial charge on any atom is 0.420 e. The molecule has 0 aliphatic carbocycles. The lowest BCUT2D eigenvalue weighted by atomic mass is 10.1. The number of ether oxygens (including phenoxy) is 2. The van der Waals surface area contributed by atoms with Crippen molar-refractivity contribution >= 4 is 11.8 Å². The van der Waals surface area contributed by atoms with E-state index in [0.29, 0.717) is 6.07 Å². The van der Waals surface area contributed by atoms with E-state index in [1.54, 1.807) is 0 Å². The molecule has 1 aromatic rings. The van der Waals surface area contributed by atoms with Gasteiger partial charge >= 0.3 is 12.3 Å². The third kappa shape index (κ3) is 4.31. The fourth-order valence-corrected chi connectivity index (χ4v) is 1.29. The Balaban J connectivity index is 2.90. The van der Waals surface area contributed by atoms with E-state index in [9.17, 15) is 22.4 Å². The maximum atomic E-state index is 12.7. The topological polar surface area (TPSA) is 47.6 Å². The minimum atomic E-state index is -4.62. The van der Waals surface area contributed by atoms with Gasteiger partial charge in [-0.15, -0.1) is 0 Å². The van der Waals surface area contributed by atoms with E-state index in [2.05, 4.69) is 14.8 Å².